The maximum atomic E-state index is 13.2. The van der Waals surface area contributed by atoms with E-state index in [0.717, 1.165) is 27.1 Å². The lowest BCUT2D eigenvalue weighted by Gasteiger charge is -2.14. The molecule has 2 amide bonds. The van der Waals surface area contributed by atoms with Gasteiger partial charge in [0.15, 0.2) is 0 Å². The Morgan fingerprint density at radius 1 is 1.00 bits per heavy atom. The van der Waals surface area contributed by atoms with Crippen LogP contribution in [0.2, 0.25) is 0 Å². The monoisotopic (exact) mass is 498 g/mol. The second kappa shape index (κ2) is 9.90. The van der Waals surface area contributed by atoms with Gasteiger partial charge in [0.2, 0.25) is 5.91 Å². The molecule has 174 valence electrons. The van der Waals surface area contributed by atoms with Crippen molar-refractivity contribution in [2.24, 2.45) is 0 Å². The molecular formula is C28H22N2O3S2. The average Bonchev–Trinajstić information content (AvgIpc) is 3.14. The highest BCUT2D eigenvalue weighted by Gasteiger charge is 2.32. The molecule has 0 aromatic heterocycles. The molecule has 0 atom stereocenters. The summed E-state index contributed by atoms with van der Waals surface area (Å²) in [6, 6.07) is 25.6. The fraction of sp³-hybridized carbons (Fsp3) is 0.107. The Balaban J connectivity index is 1.35. The largest absolute Gasteiger partial charge is 0.497 e. The van der Waals surface area contributed by atoms with Gasteiger partial charge in [-0.05, 0) is 63.5 Å². The number of anilines is 1. The van der Waals surface area contributed by atoms with Crippen molar-refractivity contribution < 1.29 is 14.3 Å². The first-order valence-corrected chi connectivity index (χ1v) is 12.4. The average molecular weight is 499 g/mol. The van der Waals surface area contributed by atoms with E-state index in [9.17, 15) is 9.59 Å². The number of carbonyl (C=O) groups is 2. The predicted molar refractivity (Wildman–Crippen MR) is 148 cm³/mol. The summed E-state index contributed by atoms with van der Waals surface area (Å²) in [6.45, 7) is 0.222. The number of benzene rings is 4. The van der Waals surface area contributed by atoms with E-state index in [4.69, 9.17) is 17.0 Å². The van der Waals surface area contributed by atoms with Crippen LogP contribution < -0.4 is 10.1 Å². The summed E-state index contributed by atoms with van der Waals surface area (Å²) in [5, 5.41) is 7.23. The zero-order valence-electron chi connectivity index (χ0n) is 19.0. The van der Waals surface area contributed by atoms with Crippen LogP contribution in [0.1, 0.15) is 12.0 Å². The van der Waals surface area contributed by atoms with E-state index < -0.39 is 0 Å². The van der Waals surface area contributed by atoms with Crippen molar-refractivity contribution in [3.05, 3.63) is 89.3 Å². The van der Waals surface area contributed by atoms with E-state index in [2.05, 4.69) is 35.6 Å². The minimum absolute atomic E-state index is 0.142. The zero-order chi connectivity index (χ0) is 24.4. The third-order valence-electron chi connectivity index (χ3n) is 5.90. The molecule has 1 N–H and O–H groups in total. The van der Waals surface area contributed by atoms with Crippen LogP contribution in [-0.2, 0) is 9.59 Å². The second-order valence-corrected chi connectivity index (χ2v) is 9.77. The van der Waals surface area contributed by atoms with E-state index in [1.165, 1.54) is 16.7 Å². The number of nitrogens with zero attached hydrogens (tertiary/aromatic N) is 1. The van der Waals surface area contributed by atoms with Crippen molar-refractivity contribution in [3.63, 3.8) is 0 Å². The standard InChI is InChI=1S/C28H22N2O3S2/c1-33-21-12-10-20(11-13-21)29-26(31)14-15-30-27(32)25(35-28(30)34)17-24-22-8-4-2-6-18(22)16-19-7-3-5-9-23(19)24/h2-13,16-17H,14-15H2,1H3,(H,29,31)/b25-17-. The number of thiocarbonyl (C=S) groups is 1. The number of hydrogen-bond donors (Lipinski definition) is 1. The topological polar surface area (TPSA) is 58.6 Å². The SMILES string of the molecule is COc1ccc(NC(=O)CCN2C(=O)/C(=C/c3c4ccccc4cc4ccccc34)SC2=S)cc1. The Morgan fingerprint density at radius 3 is 2.26 bits per heavy atom. The van der Waals surface area contributed by atoms with E-state index in [1.54, 1.807) is 31.4 Å². The fourth-order valence-electron chi connectivity index (χ4n) is 4.14. The first-order chi connectivity index (χ1) is 17.0. The molecule has 0 unspecified atom stereocenters. The molecule has 1 aliphatic heterocycles. The number of ether oxygens (including phenoxy) is 1. The van der Waals surface area contributed by atoms with Crippen molar-refractivity contribution >= 4 is 73.4 Å². The third-order valence-corrected chi connectivity index (χ3v) is 7.28. The maximum Gasteiger partial charge on any atom is 0.266 e. The Labute approximate surface area is 212 Å². The minimum Gasteiger partial charge on any atom is -0.497 e. The van der Waals surface area contributed by atoms with E-state index in [0.29, 0.717) is 20.7 Å². The highest BCUT2D eigenvalue weighted by molar-refractivity contribution is 8.26. The zero-order valence-corrected chi connectivity index (χ0v) is 20.6. The van der Waals surface area contributed by atoms with Gasteiger partial charge >= 0.3 is 0 Å². The van der Waals surface area contributed by atoms with Crippen LogP contribution >= 0.6 is 24.0 Å². The van der Waals surface area contributed by atoms with Gasteiger partial charge in [0, 0.05) is 18.7 Å². The van der Waals surface area contributed by atoms with Crippen molar-refractivity contribution in [3.8, 4) is 5.75 Å². The Hall–Kier alpha value is -3.68. The molecule has 1 heterocycles. The number of fused-ring (bicyclic) bond motifs is 2. The first kappa shape index (κ1) is 23.1. The lowest BCUT2D eigenvalue weighted by atomic mass is 9.96. The van der Waals surface area contributed by atoms with Crippen LogP contribution in [0.3, 0.4) is 0 Å². The van der Waals surface area contributed by atoms with Crippen LogP contribution in [-0.4, -0.2) is 34.7 Å². The summed E-state index contributed by atoms with van der Waals surface area (Å²) < 4.78 is 5.60. The number of nitrogens with one attached hydrogen (secondary N) is 1. The fourth-order valence-corrected chi connectivity index (χ4v) is 5.43. The van der Waals surface area contributed by atoms with Gasteiger partial charge in [0.25, 0.3) is 5.91 Å². The highest BCUT2D eigenvalue weighted by atomic mass is 32.2. The van der Waals surface area contributed by atoms with Crippen LogP contribution in [0.4, 0.5) is 5.69 Å². The van der Waals surface area contributed by atoms with Gasteiger partial charge in [-0.15, -0.1) is 0 Å². The van der Waals surface area contributed by atoms with E-state index in [1.807, 2.05) is 30.3 Å². The molecule has 4 aromatic carbocycles. The molecule has 1 saturated heterocycles. The van der Waals surface area contributed by atoms with Gasteiger partial charge in [0.1, 0.15) is 10.1 Å². The summed E-state index contributed by atoms with van der Waals surface area (Å²) >= 11 is 6.77. The van der Waals surface area contributed by atoms with Crippen molar-refractivity contribution in [2.45, 2.75) is 6.42 Å². The molecule has 4 aromatic rings. The number of thioether (sulfide) groups is 1. The van der Waals surface area contributed by atoms with Gasteiger partial charge in [-0.3, -0.25) is 14.5 Å². The maximum absolute atomic E-state index is 13.2. The number of carbonyl (C=O) groups excluding carboxylic acids is 2. The predicted octanol–water partition coefficient (Wildman–Crippen LogP) is 6.23. The molecule has 5 nitrogen and oxygen atoms in total. The van der Waals surface area contributed by atoms with E-state index in [-0.39, 0.29) is 24.8 Å². The molecule has 0 spiro atoms. The highest BCUT2D eigenvalue weighted by Crippen LogP contribution is 2.36. The van der Waals surface area contributed by atoms with Gasteiger partial charge in [0.05, 0.1) is 12.0 Å². The normalized spacial score (nSPS) is 14.8. The number of methoxy groups -OCH3 is 1. The molecule has 0 saturated carbocycles. The van der Waals surface area contributed by atoms with Crippen LogP contribution in [0.5, 0.6) is 5.75 Å². The second-order valence-electron chi connectivity index (χ2n) is 8.09. The summed E-state index contributed by atoms with van der Waals surface area (Å²) in [6.07, 6.45) is 2.07. The molecule has 35 heavy (non-hydrogen) atoms. The number of amides is 2. The quantitative estimate of drug-likeness (QED) is 0.194. The number of rotatable bonds is 6. The summed E-state index contributed by atoms with van der Waals surface area (Å²) in [7, 11) is 1.59. The van der Waals surface area contributed by atoms with Crippen LogP contribution in [0, 0.1) is 0 Å². The molecule has 1 aliphatic rings. The molecule has 0 radical (unpaired) electrons. The summed E-state index contributed by atoms with van der Waals surface area (Å²) in [4.78, 5) is 27.8. The van der Waals surface area contributed by atoms with Gasteiger partial charge in [-0.1, -0.05) is 72.5 Å². The van der Waals surface area contributed by atoms with Gasteiger partial charge < -0.3 is 10.1 Å². The summed E-state index contributed by atoms with van der Waals surface area (Å²) in [5.74, 6) is 0.355. The first-order valence-electron chi connectivity index (χ1n) is 11.1. The van der Waals surface area contributed by atoms with E-state index >= 15 is 0 Å². The molecular weight excluding hydrogens is 476 g/mol. The molecule has 0 bridgehead atoms. The van der Waals surface area contributed by atoms with Crippen molar-refractivity contribution in [1.29, 1.82) is 0 Å². The van der Waals surface area contributed by atoms with Crippen molar-refractivity contribution in [2.75, 3.05) is 19.0 Å². The smallest absolute Gasteiger partial charge is 0.266 e. The molecule has 7 heteroatoms. The van der Waals surface area contributed by atoms with Crippen LogP contribution in [0.25, 0.3) is 27.6 Å². The third kappa shape index (κ3) is 4.78. The lowest BCUT2D eigenvalue weighted by Crippen LogP contribution is -2.31. The minimum atomic E-state index is -0.187. The van der Waals surface area contributed by atoms with Crippen LogP contribution in [0.15, 0.2) is 83.8 Å². The Bertz CT molecular complexity index is 1440. The summed E-state index contributed by atoms with van der Waals surface area (Å²) in [5.41, 5.74) is 1.67. The Kier molecular flexibility index (Phi) is 6.53. The van der Waals surface area contributed by atoms with Gasteiger partial charge in [-0.25, -0.2) is 0 Å². The molecule has 5 rings (SSSR count). The molecule has 0 aliphatic carbocycles. The molecule has 1 fully saturated rings. The Morgan fingerprint density at radius 2 is 1.63 bits per heavy atom. The van der Waals surface area contributed by atoms with Gasteiger partial charge in [-0.2, -0.15) is 0 Å². The lowest BCUT2D eigenvalue weighted by molar-refractivity contribution is -0.122. The van der Waals surface area contributed by atoms with Crippen molar-refractivity contribution in [1.82, 2.24) is 4.90 Å². The number of hydrogen-bond acceptors (Lipinski definition) is 5.